The third kappa shape index (κ3) is 6.91. The van der Waals surface area contributed by atoms with Gasteiger partial charge in [-0.25, -0.2) is 4.79 Å². The Kier molecular flexibility index (Phi) is 7.61. The summed E-state index contributed by atoms with van der Waals surface area (Å²) in [5.41, 5.74) is 1.44. The molecule has 0 saturated carbocycles. The van der Waals surface area contributed by atoms with Crippen LogP contribution in [0.4, 0.5) is 10.5 Å². The molecule has 3 aromatic carbocycles. The number of carbonyl (C=O) groups excluding carboxylic acids is 2. The SMILES string of the molecule is N#CCNC(=O)C(Cc1ccccc1)NC(=O)Nc1ccc(Oc2ccccc2)cc1. The maximum atomic E-state index is 12.5. The van der Waals surface area contributed by atoms with Gasteiger partial charge in [0.15, 0.2) is 0 Å². The molecule has 3 N–H and O–H groups in total. The van der Waals surface area contributed by atoms with Crippen molar-refractivity contribution in [3.63, 3.8) is 0 Å². The van der Waals surface area contributed by atoms with Crippen molar-refractivity contribution in [2.24, 2.45) is 0 Å². The molecule has 3 aromatic rings. The molecule has 7 heteroatoms. The Balaban J connectivity index is 1.60. The van der Waals surface area contributed by atoms with Gasteiger partial charge in [0, 0.05) is 12.1 Å². The minimum absolute atomic E-state index is 0.129. The van der Waals surface area contributed by atoms with Gasteiger partial charge >= 0.3 is 6.03 Å². The number of benzene rings is 3. The number of rotatable bonds is 8. The topological polar surface area (TPSA) is 103 Å². The molecule has 0 spiro atoms. The number of anilines is 1. The van der Waals surface area contributed by atoms with Crippen molar-refractivity contribution in [3.05, 3.63) is 90.5 Å². The van der Waals surface area contributed by atoms with E-state index in [0.717, 1.165) is 5.56 Å². The molecule has 1 atom stereocenters. The van der Waals surface area contributed by atoms with Crippen LogP contribution in [0.15, 0.2) is 84.9 Å². The quantitative estimate of drug-likeness (QED) is 0.487. The van der Waals surface area contributed by atoms with Gasteiger partial charge in [-0.05, 0) is 42.0 Å². The zero-order chi connectivity index (χ0) is 21.9. The smallest absolute Gasteiger partial charge is 0.319 e. The Morgan fingerprint density at radius 2 is 1.48 bits per heavy atom. The minimum atomic E-state index is -0.823. The maximum absolute atomic E-state index is 12.5. The largest absolute Gasteiger partial charge is 0.457 e. The minimum Gasteiger partial charge on any atom is -0.457 e. The molecule has 0 heterocycles. The monoisotopic (exact) mass is 414 g/mol. The summed E-state index contributed by atoms with van der Waals surface area (Å²) in [6, 6.07) is 26.1. The zero-order valence-electron chi connectivity index (χ0n) is 16.7. The van der Waals surface area contributed by atoms with Crippen LogP contribution in [0.3, 0.4) is 0 Å². The Hall–Kier alpha value is -4.31. The van der Waals surface area contributed by atoms with Crippen LogP contribution in [0.1, 0.15) is 5.56 Å². The summed E-state index contributed by atoms with van der Waals surface area (Å²) in [6.07, 6.45) is 0.301. The highest BCUT2D eigenvalue weighted by atomic mass is 16.5. The summed E-state index contributed by atoms with van der Waals surface area (Å²) in [6.45, 7) is -0.129. The third-order valence-electron chi connectivity index (χ3n) is 4.34. The highest BCUT2D eigenvalue weighted by Gasteiger charge is 2.21. The number of amides is 3. The highest BCUT2D eigenvalue weighted by molar-refractivity contribution is 5.93. The number of ether oxygens (including phenoxy) is 1. The average Bonchev–Trinajstić information content (AvgIpc) is 2.79. The Morgan fingerprint density at radius 3 is 2.13 bits per heavy atom. The molecule has 1 unspecified atom stereocenters. The fourth-order valence-corrected chi connectivity index (χ4v) is 2.87. The summed E-state index contributed by atoms with van der Waals surface area (Å²) in [5, 5.41) is 16.6. The van der Waals surface area contributed by atoms with Gasteiger partial charge in [-0.2, -0.15) is 5.26 Å². The van der Waals surface area contributed by atoms with Crippen molar-refractivity contribution >= 4 is 17.6 Å². The summed E-state index contributed by atoms with van der Waals surface area (Å²) >= 11 is 0. The molecule has 0 aliphatic rings. The first-order chi connectivity index (χ1) is 15.1. The van der Waals surface area contributed by atoms with Crippen molar-refractivity contribution in [1.29, 1.82) is 5.26 Å². The van der Waals surface area contributed by atoms with E-state index in [1.54, 1.807) is 24.3 Å². The fourth-order valence-electron chi connectivity index (χ4n) is 2.87. The van der Waals surface area contributed by atoms with E-state index in [1.807, 2.05) is 66.7 Å². The fraction of sp³-hybridized carbons (Fsp3) is 0.125. The van der Waals surface area contributed by atoms with Crippen molar-refractivity contribution in [1.82, 2.24) is 10.6 Å². The van der Waals surface area contributed by atoms with Crippen LogP contribution in [0, 0.1) is 11.3 Å². The van der Waals surface area contributed by atoms with Crippen molar-refractivity contribution in [2.45, 2.75) is 12.5 Å². The highest BCUT2D eigenvalue weighted by Crippen LogP contribution is 2.22. The van der Waals surface area contributed by atoms with Crippen LogP contribution in [-0.2, 0) is 11.2 Å². The molecule has 3 amide bonds. The predicted octanol–water partition coefficient (Wildman–Crippen LogP) is 3.85. The second kappa shape index (κ2) is 11.0. The number of nitrogens with one attached hydrogen (secondary N) is 3. The van der Waals surface area contributed by atoms with E-state index in [0.29, 0.717) is 23.6 Å². The molecule has 0 aromatic heterocycles. The maximum Gasteiger partial charge on any atom is 0.319 e. The molecule has 31 heavy (non-hydrogen) atoms. The number of carbonyl (C=O) groups is 2. The van der Waals surface area contributed by atoms with Gasteiger partial charge in [0.2, 0.25) is 5.91 Å². The Labute approximate surface area is 180 Å². The molecule has 0 bridgehead atoms. The molecule has 0 aliphatic heterocycles. The molecule has 7 nitrogen and oxygen atoms in total. The number of para-hydroxylation sites is 1. The molecule has 0 aliphatic carbocycles. The molecule has 156 valence electrons. The second-order valence-electron chi connectivity index (χ2n) is 6.66. The lowest BCUT2D eigenvalue weighted by atomic mass is 10.1. The number of nitriles is 1. The summed E-state index contributed by atoms with van der Waals surface area (Å²) < 4.78 is 5.73. The van der Waals surface area contributed by atoms with Gasteiger partial charge in [0.25, 0.3) is 0 Å². The van der Waals surface area contributed by atoms with E-state index in [4.69, 9.17) is 10.00 Å². The first kappa shape index (κ1) is 21.4. The average molecular weight is 414 g/mol. The molecular formula is C24H22N4O3. The zero-order valence-corrected chi connectivity index (χ0v) is 16.7. The normalized spacial score (nSPS) is 10.9. The van der Waals surface area contributed by atoms with Gasteiger partial charge in [0.05, 0.1) is 6.07 Å². The first-order valence-corrected chi connectivity index (χ1v) is 9.73. The van der Waals surface area contributed by atoms with E-state index in [1.165, 1.54) is 0 Å². The van der Waals surface area contributed by atoms with Crippen LogP contribution >= 0.6 is 0 Å². The van der Waals surface area contributed by atoms with Gasteiger partial charge in [-0.15, -0.1) is 0 Å². The molecule has 0 saturated heterocycles. The van der Waals surface area contributed by atoms with E-state index in [-0.39, 0.29) is 6.54 Å². The van der Waals surface area contributed by atoms with E-state index >= 15 is 0 Å². The van der Waals surface area contributed by atoms with Crippen molar-refractivity contribution in [2.75, 3.05) is 11.9 Å². The number of hydrogen-bond acceptors (Lipinski definition) is 4. The number of urea groups is 1. The lowest BCUT2D eigenvalue weighted by Gasteiger charge is -2.18. The van der Waals surface area contributed by atoms with Gasteiger partial charge in [-0.1, -0.05) is 48.5 Å². The lowest BCUT2D eigenvalue weighted by molar-refractivity contribution is -0.122. The number of nitrogens with zero attached hydrogens (tertiary/aromatic N) is 1. The molecular weight excluding hydrogens is 392 g/mol. The van der Waals surface area contributed by atoms with Crippen LogP contribution in [0.2, 0.25) is 0 Å². The van der Waals surface area contributed by atoms with Crippen LogP contribution < -0.4 is 20.7 Å². The molecule has 0 fully saturated rings. The van der Waals surface area contributed by atoms with E-state index in [9.17, 15) is 9.59 Å². The standard InChI is InChI=1S/C24H22N4O3/c25-15-16-26-23(29)22(17-18-7-3-1-4-8-18)28-24(30)27-19-11-13-21(14-12-19)31-20-9-5-2-6-10-20/h1-14,22H,16-17H2,(H,26,29)(H2,27,28,30). The van der Waals surface area contributed by atoms with Gasteiger partial charge in [-0.3, -0.25) is 4.79 Å². The van der Waals surface area contributed by atoms with Gasteiger partial charge < -0.3 is 20.7 Å². The van der Waals surface area contributed by atoms with Gasteiger partial charge in [0.1, 0.15) is 24.1 Å². The Morgan fingerprint density at radius 1 is 0.871 bits per heavy atom. The van der Waals surface area contributed by atoms with Crippen LogP contribution in [0.25, 0.3) is 0 Å². The lowest BCUT2D eigenvalue weighted by Crippen LogP contribution is -2.49. The van der Waals surface area contributed by atoms with E-state index < -0.39 is 18.0 Å². The van der Waals surface area contributed by atoms with Crippen LogP contribution in [0.5, 0.6) is 11.5 Å². The predicted molar refractivity (Wildman–Crippen MR) is 118 cm³/mol. The summed E-state index contributed by atoms with van der Waals surface area (Å²) in [7, 11) is 0. The first-order valence-electron chi connectivity index (χ1n) is 9.73. The second-order valence-corrected chi connectivity index (χ2v) is 6.66. The van der Waals surface area contributed by atoms with Crippen molar-refractivity contribution < 1.29 is 14.3 Å². The summed E-state index contributed by atoms with van der Waals surface area (Å²) in [5.74, 6) is 0.926. The van der Waals surface area contributed by atoms with Crippen molar-refractivity contribution in [3.8, 4) is 17.6 Å². The molecule has 3 rings (SSSR count). The summed E-state index contributed by atoms with van der Waals surface area (Å²) in [4.78, 5) is 24.9. The third-order valence-corrected chi connectivity index (χ3v) is 4.34. The van der Waals surface area contributed by atoms with E-state index in [2.05, 4.69) is 16.0 Å². The Bertz CT molecular complexity index is 1030. The van der Waals surface area contributed by atoms with Crippen LogP contribution in [-0.4, -0.2) is 24.5 Å². The number of hydrogen-bond donors (Lipinski definition) is 3. The molecule has 0 radical (unpaired) electrons.